The molecular weight excluding hydrogens is 308 g/mol. The van der Waals surface area contributed by atoms with Crippen LogP contribution in [-0.4, -0.2) is 39.0 Å². The Kier molecular flexibility index (Phi) is 6.62. The first-order chi connectivity index (χ1) is 10.9. The van der Waals surface area contributed by atoms with Crippen LogP contribution in [0, 0.1) is 5.92 Å². The number of nitrogens with zero attached hydrogens (tertiary/aromatic N) is 1. The Bertz CT molecular complexity index is 576. The van der Waals surface area contributed by atoms with Crippen molar-refractivity contribution in [3.63, 3.8) is 0 Å². The third kappa shape index (κ3) is 5.30. The average Bonchev–Trinajstić information content (AvgIpc) is 3.05. The molecule has 0 radical (unpaired) electrons. The number of hydrogen-bond acceptors (Lipinski definition) is 3. The number of benzene rings is 1. The van der Waals surface area contributed by atoms with Crippen LogP contribution in [-0.2, 0) is 16.4 Å². The lowest BCUT2D eigenvalue weighted by Crippen LogP contribution is -2.43. The Balaban J connectivity index is 2.02. The van der Waals surface area contributed by atoms with E-state index < -0.39 is 10.0 Å². The summed E-state index contributed by atoms with van der Waals surface area (Å²) in [6.45, 7) is 9.13. The van der Waals surface area contributed by atoms with Gasteiger partial charge in [-0.2, -0.15) is 0 Å². The minimum atomic E-state index is -3.42. The third-order valence-corrected chi connectivity index (χ3v) is 5.99. The fourth-order valence-electron chi connectivity index (χ4n) is 3.21. The van der Waals surface area contributed by atoms with E-state index >= 15 is 0 Å². The van der Waals surface area contributed by atoms with Crippen LogP contribution >= 0.6 is 0 Å². The quantitative estimate of drug-likeness (QED) is 0.792. The SMILES string of the molecule is CCc1ccc(S(=O)(=O)NCC(CC(C)C)N2CCCC2)cc1. The number of likely N-dealkylation sites (tertiary alicyclic amines) is 1. The first-order valence-corrected chi connectivity index (χ1v) is 10.2. The lowest BCUT2D eigenvalue weighted by Gasteiger charge is -2.29. The number of aryl methyl sites for hydroxylation is 1. The highest BCUT2D eigenvalue weighted by Gasteiger charge is 2.24. The van der Waals surface area contributed by atoms with E-state index in [1.165, 1.54) is 12.8 Å². The minimum absolute atomic E-state index is 0.294. The summed E-state index contributed by atoms with van der Waals surface area (Å²) in [4.78, 5) is 2.79. The van der Waals surface area contributed by atoms with Crippen LogP contribution in [0.3, 0.4) is 0 Å². The summed E-state index contributed by atoms with van der Waals surface area (Å²) in [5, 5.41) is 0. The highest BCUT2D eigenvalue weighted by Crippen LogP contribution is 2.18. The molecular formula is C18H30N2O2S. The van der Waals surface area contributed by atoms with Gasteiger partial charge in [0.25, 0.3) is 0 Å². The maximum atomic E-state index is 12.5. The van der Waals surface area contributed by atoms with E-state index in [1.54, 1.807) is 12.1 Å². The van der Waals surface area contributed by atoms with Crippen LogP contribution in [0.4, 0.5) is 0 Å². The largest absolute Gasteiger partial charge is 0.299 e. The van der Waals surface area contributed by atoms with Gasteiger partial charge in [-0.25, -0.2) is 13.1 Å². The number of nitrogens with one attached hydrogen (secondary N) is 1. The zero-order chi connectivity index (χ0) is 16.9. The normalized spacial score (nSPS) is 17.7. The van der Waals surface area contributed by atoms with Gasteiger partial charge in [0.15, 0.2) is 0 Å². The fourth-order valence-corrected chi connectivity index (χ4v) is 4.28. The van der Waals surface area contributed by atoms with E-state index in [0.717, 1.165) is 31.5 Å². The molecule has 0 saturated carbocycles. The molecule has 4 nitrogen and oxygen atoms in total. The van der Waals surface area contributed by atoms with E-state index in [-0.39, 0.29) is 0 Å². The van der Waals surface area contributed by atoms with Crippen LogP contribution in [0.2, 0.25) is 0 Å². The summed E-state index contributed by atoms with van der Waals surface area (Å²) in [6, 6.07) is 7.48. The molecule has 5 heteroatoms. The van der Waals surface area contributed by atoms with E-state index in [2.05, 4.69) is 30.4 Å². The van der Waals surface area contributed by atoms with E-state index in [9.17, 15) is 8.42 Å². The maximum Gasteiger partial charge on any atom is 0.240 e. The lowest BCUT2D eigenvalue weighted by atomic mass is 10.0. The van der Waals surface area contributed by atoms with Gasteiger partial charge in [-0.15, -0.1) is 0 Å². The Hall–Kier alpha value is -0.910. The van der Waals surface area contributed by atoms with E-state index in [4.69, 9.17) is 0 Å². The molecule has 0 aromatic heterocycles. The van der Waals surface area contributed by atoms with Crippen LogP contribution in [0.1, 0.15) is 45.6 Å². The summed E-state index contributed by atoms with van der Waals surface area (Å²) >= 11 is 0. The average molecular weight is 339 g/mol. The molecule has 1 N–H and O–H groups in total. The maximum absolute atomic E-state index is 12.5. The molecule has 2 rings (SSSR count). The summed E-state index contributed by atoms with van der Waals surface area (Å²) in [5.41, 5.74) is 1.15. The summed E-state index contributed by atoms with van der Waals surface area (Å²) in [5.74, 6) is 0.564. The lowest BCUT2D eigenvalue weighted by molar-refractivity contribution is 0.214. The highest BCUT2D eigenvalue weighted by atomic mass is 32.2. The molecule has 1 saturated heterocycles. The monoisotopic (exact) mass is 338 g/mol. The zero-order valence-electron chi connectivity index (χ0n) is 14.6. The van der Waals surface area contributed by atoms with Gasteiger partial charge in [-0.1, -0.05) is 32.9 Å². The Morgan fingerprint density at radius 1 is 1.13 bits per heavy atom. The first-order valence-electron chi connectivity index (χ1n) is 8.75. The standard InChI is InChI=1S/C18H30N2O2S/c1-4-16-7-9-18(10-8-16)23(21,22)19-14-17(13-15(2)3)20-11-5-6-12-20/h7-10,15,17,19H,4-6,11-14H2,1-3H3. The van der Waals surface area contributed by atoms with Crippen molar-refractivity contribution in [3.8, 4) is 0 Å². The van der Waals surface area contributed by atoms with Gasteiger partial charge < -0.3 is 0 Å². The molecule has 1 heterocycles. The topological polar surface area (TPSA) is 49.4 Å². The third-order valence-electron chi connectivity index (χ3n) is 4.55. The molecule has 1 aromatic carbocycles. The number of hydrogen-bond donors (Lipinski definition) is 1. The first kappa shape index (κ1) is 18.4. The van der Waals surface area contributed by atoms with Crippen molar-refractivity contribution in [1.82, 2.24) is 9.62 Å². The van der Waals surface area contributed by atoms with Crippen LogP contribution in [0.5, 0.6) is 0 Å². The van der Waals surface area contributed by atoms with Crippen molar-refractivity contribution in [2.75, 3.05) is 19.6 Å². The second-order valence-electron chi connectivity index (χ2n) is 6.88. The molecule has 1 aliphatic rings. The predicted octanol–water partition coefficient (Wildman–Crippen LogP) is 3.04. The van der Waals surface area contributed by atoms with Gasteiger partial charge in [-0.05, 0) is 62.4 Å². The van der Waals surface area contributed by atoms with Gasteiger partial charge in [0.05, 0.1) is 4.90 Å². The van der Waals surface area contributed by atoms with Crippen molar-refractivity contribution in [2.24, 2.45) is 5.92 Å². The Morgan fingerprint density at radius 2 is 1.74 bits per heavy atom. The number of rotatable bonds is 8. The van der Waals surface area contributed by atoms with Gasteiger partial charge in [0.1, 0.15) is 0 Å². The Morgan fingerprint density at radius 3 is 2.26 bits per heavy atom. The van der Waals surface area contributed by atoms with Gasteiger partial charge >= 0.3 is 0 Å². The Labute approximate surface area is 141 Å². The van der Waals surface area contributed by atoms with Gasteiger partial charge in [0, 0.05) is 12.6 Å². The molecule has 1 atom stereocenters. The molecule has 0 amide bonds. The molecule has 0 bridgehead atoms. The van der Waals surface area contributed by atoms with Crippen LogP contribution in [0.15, 0.2) is 29.2 Å². The fraction of sp³-hybridized carbons (Fsp3) is 0.667. The van der Waals surface area contributed by atoms with Crippen LogP contribution < -0.4 is 4.72 Å². The zero-order valence-corrected chi connectivity index (χ0v) is 15.4. The van der Waals surface area contributed by atoms with Gasteiger partial charge in [-0.3, -0.25) is 4.90 Å². The smallest absolute Gasteiger partial charge is 0.240 e. The van der Waals surface area contributed by atoms with Crippen molar-refractivity contribution < 1.29 is 8.42 Å². The van der Waals surface area contributed by atoms with Crippen LogP contribution in [0.25, 0.3) is 0 Å². The van der Waals surface area contributed by atoms with Crippen molar-refractivity contribution in [2.45, 2.75) is 57.4 Å². The van der Waals surface area contributed by atoms with Crippen molar-refractivity contribution in [1.29, 1.82) is 0 Å². The van der Waals surface area contributed by atoms with E-state index in [1.807, 2.05) is 12.1 Å². The predicted molar refractivity (Wildman–Crippen MR) is 95.1 cm³/mol. The molecule has 1 unspecified atom stereocenters. The molecule has 23 heavy (non-hydrogen) atoms. The van der Waals surface area contributed by atoms with Crippen molar-refractivity contribution in [3.05, 3.63) is 29.8 Å². The molecule has 130 valence electrons. The molecule has 1 aromatic rings. The second-order valence-corrected chi connectivity index (χ2v) is 8.64. The summed E-state index contributed by atoms with van der Waals surface area (Å²) in [7, 11) is -3.42. The van der Waals surface area contributed by atoms with Crippen molar-refractivity contribution >= 4 is 10.0 Å². The molecule has 1 aliphatic heterocycles. The molecule has 0 spiro atoms. The molecule has 1 fully saturated rings. The van der Waals surface area contributed by atoms with Gasteiger partial charge in [0.2, 0.25) is 10.0 Å². The highest BCUT2D eigenvalue weighted by molar-refractivity contribution is 7.89. The summed E-state index contributed by atoms with van der Waals surface area (Å²) < 4.78 is 27.8. The number of sulfonamides is 1. The van der Waals surface area contributed by atoms with E-state index in [0.29, 0.717) is 23.4 Å². The second kappa shape index (κ2) is 8.27. The minimum Gasteiger partial charge on any atom is -0.299 e. The molecule has 0 aliphatic carbocycles. The summed E-state index contributed by atoms with van der Waals surface area (Å²) in [6.07, 6.45) is 4.39.